The maximum absolute atomic E-state index is 5.84. The van der Waals surface area contributed by atoms with Gasteiger partial charge in [-0.1, -0.05) is 6.92 Å². The molecule has 0 saturated carbocycles. The van der Waals surface area contributed by atoms with E-state index in [9.17, 15) is 0 Å². The van der Waals surface area contributed by atoms with Gasteiger partial charge >= 0.3 is 0 Å². The lowest BCUT2D eigenvalue weighted by Crippen LogP contribution is -2.00. The zero-order chi connectivity index (χ0) is 9.14. The normalized spacial score (nSPS) is 10.6. The van der Waals surface area contributed by atoms with Gasteiger partial charge in [-0.2, -0.15) is 5.10 Å². The molecule has 0 aliphatic carbocycles. The van der Waals surface area contributed by atoms with E-state index in [2.05, 4.69) is 12.0 Å². The molecule has 4 heteroatoms. The van der Waals surface area contributed by atoms with Crippen LogP contribution < -0.4 is 5.73 Å². The van der Waals surface area contributed by atoms with Crippen molar-refractivity contribution in [2.75, 3.05) is 12.0 Å². The maximum atomic E-state index is 5.84. The van der Waals surface area contributed by atoms with E-state index in [-0.39, 0.29) is 0 Å². The summed E-state index contributed by atoms with van der Waals surface area (Å²) in [5.74, 6) is 0. The van der Waals surface area contributed by atoms with E-state index >= 15 is 0 Å². The van der Waals surface area contributed by atoms with E-state index < -0.39 is 0 Å². The zero-order valence-corrected chi connectivity index (χ0v) is 8.61. The maximum Gasteiger partial charge on any atom is 0.117 e. The van der Waals surface area contributed by atoms with Crippen LogP contribution >= 0.6 is 11.8 Å². The summed E-state index contributed by atoms with van der Waals surface area (Å²) in [5, 5.41) is 5.43. The summed E-state index contributed by atoms with van der Waals surface area (Å²) in [7, 11) is 0. The molecule has 0 aliphatic heterocycles. The summed E-state index contributed by atoms with van der Waals surface area (Å²) in [6.07, 6.45) is 3.12. The molecule has 0 bridgehead atoms. The minimum Gasteiger partial charge on any atom is -0.395 e. The lowest BCUT2D eigenvalue weighted by Gasteiger charge is -2.02. The number of aromatic nitrogens is 2. The first-order valence-corrected chi connectivity index (χ1v) is 5.30. The molecule has 12 heavy (non-hydrogen) atoms. The zero-order valence-electron chi connectivity index (χ0n) is 7.79. The van der Waals surface area contributed by atoms with E-state index in [1.165, 1.54) is 0 Å². The predicted molar refractivity (Wildman–Crippen MR) is 53.4 cm³/mol. The Morgan fingerprint density at radius 3 is 2.75 bits per heavy atom. The van der Waals surface area contributed by atoms with Gasteiger partial charge in [0.25, 0.3) is 0 Å². The SMILES string of the molecule is CCCn1nc(C)c(N)c1SC. The summed E-state index contributed by atoms with van der Waals surface area (Å²) in [6, 6.07) is 0. The minimum atomic E-state index is 0.830. The second kappa shape index (κ2) is 3.85. The van der Waals surface area contributed by atoms with Crippen LogP contribution in [0.2, 0.25) is 0 Å². The van der Waals surface area contributed by atoms with Crippen molar-refractivity contribution in [1.29, 1.82) is 0 Å². The third-order valence-corrected chi connectivity index (χ3v) is 2.57. The van der Waals surface area contributed by atoms with E-state index in [4.69, 9.17) is 5.73 Å². The van der Waals surface area contributed by atoms with Crippen molar-refractivity contribution < 1.29 is 0 Å². The summed E-state index contributed by atoms with van der Waals surface area (Å²) in [4.78, 5) is 0. The van der Waals surface area contributed by atoms with Crippen molar-refractivity contribution in [2.45, 2.75) is 31.8 Å². The molecule has 0 aromatic carbocycles. The average molecular weight is 185 g/mol. The van der Waals surface area contributed by atoms with Crippen LogP contribution in [0.3, 0.4) is 0 Å². The number of nitrogens with zero attached hydrogens (tertiary/aromatic N) is 2. The number of rotatable bonds is 3. The van der Waals surface area contributed by atoms with Gasteiger partial charge in [-0.3, -0.25) is 4.68 Å². The van der Waals surface area contributed by atoms with E-state index in [1.54, 1.807) is 11.8 Å². The highest BCUT2D eigenvalue weighted by molar-refractivity contribution is 7.98. The molecule has 0 radical (unpaired) electrons. The molecule has 0 unspecified atom stereocenters. The van der Waals surface area contributed by atoms with Crippen LogP contribution in [0.5, 0.6) is 0 Å². The van der Waals surface area contributed by atoms with Crippen LogP contribution in [-0.4, -0.2) is 16.0 Å². The topological polar surface area (TPSA) is 43.8 Å². The quantitative estimate of drug-likeness (QED) is 0.731. The highest BCUT2D eigenvalue weighted by atomic mass is 32.2. The number of anilines is 1. The summed E-state index contributed by atoms with van der Waals surface area (Å²) < 4.78 is 1.98. The highest BCUT2D eigenvalue weighted by Gasteiger charge is 2.09. The second-order valence-corrected chi connectivity index (χ2v) is 3.53. The average Bonchev–Trinajstić information content (AvgIpc) is 2.29. The number of aryl methyl sites for hydroxylation is 2. The molecule has 0 amide bonds. The first kappa shape index (κ1) is 9.45. The van der Waals surface area contributed by atoms with Crippen molar-refractivity contribution in [3.05, 3.63) is 5.69 Å². The smallest absolute Gasteiger partial charge is 0.117 e. The molecule has 1 heterocycles. The number of hydrogen-bond acceptors (Lipinski definition) is 3. The third-order valence-electron chi connectivity index (χ3n) is 1.75. The van der Waals surface area contributed by atoms with Gasteiger partial charge in [-0.15, -0.1) is 11.8 Å². The Morgan fingerprint density at radius 2 is 2.25 bits per heavy atom. The van der Waals surface area contributed by atoms with E-state index in [0.29, 0.717) is 0 Å². The Morgan fingerprint density at radius 1 is 1.58 bits per heavy atom. The molecular weight excluding hydrogens is 170 g/mol. The van der Waals surface area contributed by atoms with Crippen molar-refractivity contribution >= 4 is 17.4 Å². The summed E-state index contributed by atoms with van der Waals surface area (Å²) in [6.45, 7) is 5.03. The summed E-state index contributed by atoms with van der Waals surface area (Å²) in [5.41, 5.74) is 7.61. The van der Waals surface area contributed by atoms with Crippen molar-refractivity contribution in [3.8, 4) is 0 Å². The first-order chi connectivity index (χ1) is 5.70. The number of nitrogens with two attached hydrogens (primary N) is 1. The molecule has 0 saturated heterocycles. The molecular formula is C8H15N3S. The van der Waals surface area contributed by atoms with Crippen molar-refractivity contribution in [3.63, 3.8) is 0 Å². The molecule has 3 nitrogen and oxygen atoms in total. The fourth-order valence-electron chi connectivity index (χ4n) is 1.15. The molecule has 2 N–H and O–H groups in total. The lowest BCUT2D eigenvalue weighted by molar-refractivity contribution is 0.556. The largest absolute Gasteiger partial charge is 0.395 e. The Hall–Kier alpha value is -0.640. The van der Waals surface area contributed by atoms with Gasteiger partial charge < -0.3 is 5.73 Å². The van der Waals surface area contributed by atoms with E-state index in [1.807, 2.05) is 17.9 Å². The molecule has 68 valence electrons. The van der Waals surface area contributed by atoms with Gasteiger partial charge in [-0.25, -0.2) is 0 Å². The molecule has 0 atom stereocenters. The van der Waals surface area contributed by atoms with Crippen LogP contribution in [0.1, 0.15) is 19.0 Å². The van der Waals surface area contributed by atoms with Gasteiger partial charge in [0.15, 0.2) is 0 Å². The lowest BCUT2D eigenvalue weighted by atomic mass is 10.4. The standard InChI is InChI=1S/C8H15N3S/c1-4-5-11-8(12-3)7(9)6(2)10-11/h4-5,9H2,1-3H3. The van der Waals surface area contributed by atoms with Gasteiger partial charge in [0.05, 0.1) is 11.4 Å². The number of nitrogen functional groups attached to an aromatic ring is 1. The van der Waals surface area contributed by atoms with Gasteiger partial charge in [-0.05, 0) is 19.6 Å². The number of thioether (sulfide) groups is 1. The fraction of sp³-hybridized carbons (Fsp3) is 0.625. The Labute approximate surface area is 77.3 Å². The summed E-state index contributed by atoms with van der Waals surface area (Å²) >= 11 is 1.66. The first-order valence-electron chi connectivity index (χ1n) is 4.07. The molecule has 0 aliphatic rings. The molecule has 1 aromatic rings. The Kier molecular flexibility index (Phi) is 3.03. The van der Waals surface area contributed by atoms with Gasteiger partial charge in [0.1, 0.15) is 5.03 Å². The van der Waals surface area contributed by atoms with Crippen LogP contribution in [0.15, 0.2) is 5.03 Å². The third kappa shape index (κ3) is 1.58. The van der Waals surface area contributed by atoms with Crippen LogP contribution in [0.4, 0.5) is 5.69 Å². The second-order valence-electron chi connectivity index (χ2n) is 2.73. The fourth-order valence-corrected chi connectivity index (χ4v) is 1.86. The van der Waals surface area contributed by atoms with Crippen LogP contribution in [0, 0.1) is 6.92 Å². The molecule has 1 rings (SSSR count). The monoisotopic (exact) mass is 185 g/mol. The molecule has 0 spiro atoms. The van der Waals surface area contributed by atoms with Crippen LogP contribution in [-0.2, 0) is 6.54 Å². The molecule has 1 aromatic heterocycles. The van der Waals surface area contributed by atoms with Crippen molar-refractivity contribution in [2.24, 2.45) is 0 Å². The van der Waals surface area contributed by atoms with Gasteiger partial charge in [0.2, 0.25) is 0 Å². The van der Waals surface area contributed by atoms with E-state index in [0.717, 1.165) is 29.4 Å². The number of hydrogen-bond donors (Lipinski definition) is 1. The molecule has 0 fully saturated rings. The van der Waals surface area contributed by atoms with Crippen LogP contribution in [0.25, 0.3) is 0 Å². The van der Waals surface area contributed by atoms with Crippen molar-refractivity contribution in [1.82, 2.24) is 9.78 Å². The Bertz CT molecular complexity index is 268. The minimum absolute atomic E-state index is 0.830. The predicted octanol–water partition coefficient (Wildman–Crippen LogP) is 1.91. The highest BCUT2D eigenvalue weighted by Crippen LogP contribution is 2.25. The van der Waals surface area contributed by atoms with Gasteiger partial charge in [0, 0.05) is 6.54 Å². The Balaban J connectivity index is 3.02.